The molecule has 0 N–H and O–H groups in total. The molecular formula is C21H23N3O. The van der Waals surface area contributed by atoms with Gasteiger partial charge in [0.25, 0.3) is 0 Å². The zero-order chi connectivity index (χ0) is 17.2. The van der Waals surface area contributed by atoms with Crippen LogP contribution in [0, 0.1) is 0 Å². The maximum Gasteiger partial charge on any atom is 0.163 e. The molecule has 2 aromatic rings. The number of rotatable bonds is 5. The lowest BCUT2D eigenvalue weighted by Gasteiger charge is -2.26. The third-order valence-corrected chi connectivity index (χ3v) is 5.11. The van der Waals surface area contributed by atoms with Gasteiger partial charge in [-0.1, -0.05) is 18.2 Å². The first kappa shape index (κ1) is 15.9. The third kappa shape index (κ3) is 3.43. The van der Waals surface area contributed by atoms with Crippen molar-refractivity contribution in [1.82, 2.24) is 14.7 Å². The number of carbonyl (C=O) groups excluding carboxylic acids is 1. The van der Waals surface area contributed by atoms with E-state index in [1.165, 1.54) is 16.8 Å². The summed E-state index contributed by atoms with van der Waals surface area (Å²) in [5.74, 6) is 0.208. The molecule has 0 radical (unpaired) electrons. The molecule has 4 heteroatoms. The number of carbonyl (C=O) groups is 1. The summed E-state index contributed by atoms with van der Waals surface area (Å²) in [6.45, 7) is 2.07. The number of Topliss-reactive ketones (excluding diaryl/α,β-unsaturated/α-hetero) is 1. The summed E-state index contributed by atoms with van der Waals surface area (Å²) in [7, 11) is 1.90. The largest absolute Gasteiger partial charge is 0.371 e. The fraction of sp³-hybridized carbons (Fsp3) is 0.333. The molecule has 0 saturated carbocycles. The fourth-order valence-corrected chi connectivity index (χ4v) is 3.53. The summed E-state index contributed by atoms with van der Waals surface area (Å²) < 4.78 is 1.78. The number of aromatic nitrogens is 2. The molecule has 25 heavy (non-hydrogen) atoms. The van der Waals surface area contributed by atoms with E-state index in [9.17, 15) is 4.79 Å². The van der Waals surface area contributed by atoms with E-state index in [2.05, 4.69) is 40.4 Å². The Balaban J connectivity index is 1.42. The molecule has 0 atom stereocenters. The van der Waals surface area contributed by atoms with Gasteiger partial charge < -0.3 is 4.90 Å². The minimum absolute atomic E-state index is 0.208. The van der Waals surface area contributed by atoms with Crippen LogP contribution in [0.1, 0.15) is 33.6 Å². The molecule has 1 aliphatic carbocycles. The van der Waals surface area contributed by atoms with Gasteiger partial charge in [0, 0.05) is 44.0 Å². The number of ketones is 1. The van der Waals surface area contributed by atoms with E-state index in [1.807, 2.05) is 25.4 Å². The van der Waals surface area contributed by atoms with E-state index in [1.54, 1.807) is 4.68 Å². The number of hydrogen-bond donors (Lipinski definition) is 0. The second kappa shape index (κ2) is 6.71. The van der Waals surface area contributed by atoms with Crippen molar-refractivity contribution < 1.29 is 4.79 Å². The Morgan fingerprint density at radius 2 is 1.96 bits per heavy atom. The van der Waals surface area contributed by atoms with Gasteiger partial charge in [-0.05, 0) is 54.7 Å². The van der Waals surface area contributed by atoms with Gasteiger partial charge in [0.1, 0.15) is 0 Å². The summed E-state index contributed by atoms with van der Waals surface area (Å²) >= 11 is 0. The van der Waals surface area contributed by atoms with E-state index >= 15 is 0 Å². The highest BCUT2D eigenvalue weighted by molar-refractivity contribution is 5.96. The highest BCUT2D eigenvalue weighted by Crippen LogP contribution is 2.23. The quantitative estimate of drug-likeness (QED) is 0.789. The van der Waals surface area contributed by atoms with Gasteiger partial charge in [0.05, 0.1) is 5.69 Å². The lowest BCUT2D eigenvalue weighted by atomic mass is 9.97. The Kier molecular flexibility index (Phi) is 4.26. The minimum Gasteiger partial charge on any atom is -0.371 e. The average Bonchev–Trinajstić information content (AvgIpc) is 2.87. The monoisotopic (exact) mass is 333 g/mol. The van der Waals surface area contributed by atoms with Crippen molar-refractivity contribution in [2.24, 2.45) is 7.05 Å². The van der Waals surface area contributed by atoms with Crippen molar-refractivity contribution in [2.45, 2.75) is 25.7 Å². The zero-order valence-electron chi connectivity index (χ0n) is 14.6. The first-order valence-electron chi connectivity index (χ1n) is 8.96. The van der Waals surface area contributed by atoms with Crippen molar-refractivity contribution in [3.05, 3.63) is 76.8 Å². The molecule has 4 rings (SSSR count). The van der Waals surface area contributed by atoms with Crippen molar-refractivity contribution >= 4 is 5.78 Å². The second-order valence-electron chi connectivity index (χ2n) is 6.83. The topological polar surface area (TPSA) is 38.1 Å². The molecule has 0 amide bonds. The minimum atomic E-state index is 0.208. The molecule has 0 unspecified atom stereocenters. The van der Waals surface area contributed by atoms with Crippen LogP contribution in [-0.2, 0) is 26.3 Å². The van der Waals surface area contributed by atoms with Gasteiger partial charge in [0.15, 0.2) is 5.78 Å². The van der Waals surface area contributed by atoms with Gasteiger partial charge in [-0.25, -0.2) is 0 Å². The molecule has 0 saturated heterocycles. The van der Waals surface area contributed by atoms with E-state index in [0.29, 0.717) is 12.8 Å². The Morgan fingerprint density at radius 1 is 1.16 bits per heavy atom. The number of allylic oxidation sites excluding steroid dienone is 3. The zero-order valence-corrected chi connectivity index (χ0v) is 14.6. The number of fused-ring (bicyclic) bond motifs is 1. The summed E-state index contributed by atoms with van der Waals surface area (Å²) in [6, 6.07) is 8.24. The van der Waals surface area contributed by atoms with Crippen molar-refractivity contribution in [3.8, 4) is 0 Å². The lowest BCUT2D eigenvalue weighted by molar-refractivity contribution is 0.0982. The predicted octanol–water partition coefficient (Wildman–Crippen LogP) is 3.09. The first-order chi connectivity index (χ1) is 12.2. The molecular weight excluding hydrogens is 310 g/mol. The summed E-state index contributed by atoms with van der Waals surface area (Å²) in [5.41, 5.74) is 5.86. The third-order valence-electron chi connectivity index (χ3n) is 5.11. The number of nitrogens with zero attached hydrogens (tertiary/aromatic N) is 3. The molecule has 0 spiro atoms. The maximum atomic E-state index is 12.6. The van der Waals surface area contributed by atoms with Gasteiger partial charge in [-0.3, -0.25) is 9.48 Å². The second-order valence-corrected chi connectivity index (χ2v) is 6.83. The number of aryl methyl sites for hydroxylation is 2. The SMILES string of the molecule is Cn1ccc(CCC(=O)c2ccc3c(c2)CCN(C2=CC=C2)CC3)n1. The van der Waals surface area contributed by atoms with E-state index in [0.717, 1.165) is 37.2 Å². The van der Waals surface area contributed by atoms with E-state index in [4.69, 9.17) is 0 Å². The molecule has 1 aromatic carbocycles. The molecule has 0 bridgehead atoms. The Labute approximate surface area is 148 Å². The van der Waals surface area contributed by atoms with Crippen LogP contribution in [0.3, 0.4) is 0 Å². The lowest BCUT2D eigenvalue weighted by Crippen LogP contribution is -2.26. The van der Waals surface area contributed by atoms with Crippen LogP contribution < -0.4 is 0 Å². The number of hydrogen-bond acceptors (Lipinski definition) is 3. The summed E-state index contributed by atoms with van der Waals surface area (Å²) in [4.78, 5) is 15.0. The van der Waals surface area contributed by atoms with Crippen molar-refractivity contribution in [2.75, 3.05) is 13.1 Å². The van der Waals surface area contributed by atoms with Crippen LogP contribution in [0.2, 0.25) is 0 Å². The Morgan fingerprint density at radius 3 is 2.64 bits per heavy atom. The van der Waals surface area contributed by atoms with Gasteiger partial charge >= 0.3 is 0 Å². The molecule has 4 nitrogen and oxygen atoms in total. The fourth-order valence-electron chi connectivity index (χ4n) is 3.53. The average molecular weight is 333 g/mol. The van der Waals surface area contributed by atoms with Crippen LogP contribution in [0.4, 0.5) is 0 Å². The highest BCUT2D eigenvalue weighted by Gasteiger charge is 2.18. The van der Waals surface area contributed by atoms with Crippen LogP contribution in [0.25, 0.3) is 0 Å². The molecule has 2 heterocycles. The van der Waals surface area contributed by atoms with Crippen LogP contribution in [0.15, 0.2) is 54.4 Å². The predicted molar refractivity (Wildman–Crippen MR) is 98.5 cm³/mol. The molecule has 2 aliphatic rings. The van der Waals surface area contributed by atoms with Gasteiger partial charge in [-0.15, -0.1) is 0 Å². The van der Waals surface area contributed by atoms with Gasteiger partial charge in [-0.2, -0.15) is 5.10 Å². The van der Waals surface area contributed by atoms with Crippen molar-refractivity contribution in [1.29, 1.82) is 0 Å². The van der Waals surface area contributed by atoms with Crippen LogP contribution in [-0.4, -0.2) is 33.6 Å². The molecule has 1 aromatic heterocycles. The molecule has 1 aliphatic heterocycles. The Hall–Kier alpha value is -2.62. The van der Waals surface area contributed by atoms with Gasteiger partial charge in [0.2, 0.25) is 0 Å². The molecule has 128 valence electrons. The smallest absolute Gasteiger partial charge is 0.163 e. The summed E-state index contributed by atoms with van der Waals surface area (Å²) in [5, 5.41) is 4.35. The number of benzene rings is 1. The van der Waals surface area contributed by atoms with Crippen LogP contribution >= 0.6 is 0 Å². The maximum absolute atomic E-state index is 12.6. The standard InChI is InChI=1S/C21H23N3O/c1-23-12-11-19(22-23)7-8-21(25)18-6-5-16-9-13-24(20-3-2-4-20)14-10-17(16)15-18/h2-6,11-12,15H,7-10,13-14H2,1H3. The van der Waals surface area contributed by atoms with E-state index in [-0.39, 0.29) is 5.78 Å². The first-order valence-corrected chi connectivity index (χ1v) is 8.96. The van der Waals surface area contributed by atoms with E-state index < -0.39 is 0 Å². The summed E-state index contributed by atoms with van der Waals surface area (Å²) in [6.07, 6.45) is 11.6. The normalized spacial score (nSPS) is 16.0. The highest BCUT2D eigenvalue weighted by atomic mass is 16.1. The van der Waals surface area contributed by atoms with Crippen molar-refractivity contribution in [3.63, 3.8) is 0 Å². The van der Waals surface area contributed by atoms with Crippen LogP contribution in [0.5, 0.6) is 0 Å². The molecule has 0 fully saturated rings. The Bertz CT molecular complexity index is 860.